The Morgan fingerprint density at radius 1 is 1.09 bits per heavy atom. The van der Waals surface area contributed by atoms with E-state index in [4.69, 9.17) is 9.47 Å². The molecule has 0 aliphatic carbocycles. The number of rotatable bonds is 12. The number of benzene rings is 1. The van der Waals surface area contributed by atoms with Crippen molar-refractivity contribution in [2.24, 2.45) is 0 Å². The van der Waals surface area contributed by atoms with Crippen molar-refractivity contribution >= 4 is 0 Å². The van der Waals surface area contributed by atoms with Gasteiger partial charge in [0.2, 0.25) is 0 Å². The molecule has 0 aliphatic rings. The molecule has 0 spiro atoms. The molecule has 1 aromatic rings. The molecule has 1 aromatic carbocycles. The van der Waals surface area contributed by atoms with Gasteiger partial charge in [0.25, 0.3) is 0 Å². The van der Waals surface area contributed by atoms with Gasteiger partial charge in [0.1, 0.15) is 5.75 Å². The highest BCUT2D eigenvalue weighted by molar-refractivity contribution is 5.37. The van der Waals surface area contributed by atoms with Crippen LogP contribution in [0.5, 0.6) is 5.75 Å². The molecule has 0 fully saturated rings. The summed E-state index contributed by atoms with van der Waals surface area (Å²) in [5, 5.41) is 3.36. The van der Waals surface area contributed by atoms with E-state index < -0.39 is 0 Å². The number of ether oxygens (including phenoxy) is 2. The summed E-state index contributed by atoms with van der Waals surface area (Å²) in [5.74, 6) is 0.968. The van der Waals surface area contributed by atoms with Crippen LogP contribution in [0, 0.1) is 0 Å². The highest BCUT2D eigenvalue weighted by Crippen LogP contribution is 2.21. The van der Waals surface area contributed by atoms with Crippen molar-refractivity contribution in [2.75, 3.05) is 40.5 Å². The fourth-order valence-electron chi connectivity index (χ4n) is 2.59. The summed E-state index contributed by atoms with van der Waals surface area (Å²) in [6.45, 7) is 10.1. The normalized spacial score (nSPS) is 11.1. The minimum absolute atomic E-state index is 0.726. The van der Waals surface area contributed by atoms with Gasteiger partial charge >= 0.3 is 0 Å². The molecule has 1 rings (SSSR count). The van der Waals surface area contributed by atoms with Gasteiger partial charge in [-0.15, -0.1) is 0 Å². The van der Waals surface area contributed by atoms with Gasteiger partial charge in [-0.3, -0.25) is 4.90 Å². The third kappa shape index (κ3) is 6.77. The standard InChI is InChI=1S/C18H32N2O2/c1-5-10-20(11-6-2)15-16-7-8-17(18(13-16)22-4)14-19-9-12-21-3/h7-8,13,19H,5-6,9-12,14-15H2,1-4H3. The van der Waals surface area contributed by atoms with Gasteiger partial charge in [0.05, 0.1) is 13.7 Å². The van der Waals surface area contributed by atoms with Gasteiger partial charge in [-0.1, -0.05) is 26.0 Å². The number of nitrogens with zero attached hydrogens (tertiary/aromatic N) is 1. The van der Waals surface area contributed by atoms with E-state index in [9.17, 15) is 0 Å². The first-order valence-electron chi connectivity index (χ1n) is 8.32. The van der Waals surface area contributed by atoms with Crippen molar-refractivity contribution in [1.29, 1.82) is 0 Å². The van der Waals surface area contributed by atoms with E-state index in [2.05, 4.69) is 42.3 Å². The molecule has 0 heterocycles. The van der Waals surface area contributed by atoms with E-state index in [1.54, 1.807) is 14.2 Å². The molecule has 0 radical (unpaired) electrons. The van der Waals surface area contributed by atoms with Crippen LogP contribution >= 0.6 is 0 Å². The van der Waals surface area contributed by atoms with Gasteiger partial charge in [-0.25, -0.2) is 0 Å². The molecule has 0 aliphatic heterocycles. The Kier molecular flexibility index (Phi) is 9.87. The van der Waals surface area contributed by atoms with E-state index in [1.165, 1.54) is 24.0 Å². The largest absolute Gasteiger partial charge is 0.496 e. The second kappa shape index (κ2) is 11.5. The van der Waals surface area contributed by atoms with Gasteiger partial charge in [-0.05, 0) is 37.6 Å². The maximum atomic E-state index is 5.55. The lowest BCUT2D eigenvalue weighted by Gasteiger charge is -2.21. The molecule has 0 unspecified atom stereocenters. The Labute approximate surface area is 135 Å². The fourth-order valence-corrected chi connectivity index (χ4v) is 2.59. The fraction of sp³-hybridized carbons (Fsp3) is 0.667. The molecule has 0 aromatic heterocycles. The van der Waals surface area contributed by atoms with E-state index >= 15 is 0 Å². The Bertz CT molecular complexity index is 404. The summed E-state index contributed by atoms with van der Waals surface area (Å²) in [6, 6.07) is 6.56. The van der Waals surface area contributed by atoms with Crippen LogP contribution in [0.1, 0.15) is 37.8 Å². The second-order valence-corrected chi connectivity index (χ2v) is 5.59. The molecular formula is C18H32N2O2. The molecule has 22 heavy (non-hydrogen) atoms. The van der Waals surface area contributed by atoms with E-state index in [1.807, 2.05) is 0 Å². The van der Waals surface area contributed by atoms with Crippen molar-refractivity contribution in [3.8, 4) is 5.75 Å². The Balaban J connectivity index is 2.65. The van der Waals surface area contributed by atoms with Crippen molar-refractivity contribution in [3.05, 3.63) is 29.3 Å². The zero-order valence-electron chi connectivity index (χ0n) is 14.7. The predicted molar refractivity (Wildman–Crippen MR) is 92.4 cm³/mol. The van der Waals surface area contributed by atoms with Crippen LogP contribution in [0.4, 0.5) is 0 Å². The van der Waals surface area contributed by atoms with Gasteiger partial charge < -0.3 is 14.8 Å². The Morgan fingerprint density at radius 3 is 2.41 bits per heavy atom. The van der Waals surface area contributed by atoms with Crippen LogP contribution in [0.15, 0.2) is 18.2 Å². The molecule has 0 saturated carbocycles. The van der Waals surface area contributed by atoms with E-state index in [-0.39, 0.29) is 0 Å². The zero-order valence-corrected chi connectivity index (χ0v) is 14.7. The predicted octanol–water partition coefficient (Wildman–Crippen LogP) is 3.05. The van der Waals surface area contributed by atoms with Crippen LogP contribution < -0.4 is 10.1 Å². The maximum absolute atomic E-state index is 5.55. The Morgan fingerprint density at radius 2 is 1.82 bits per heavy atom. The van der Waals surface area contributed by atoms with Gasteiger partial charge in [0, 0.05) is 32.3 Å². The molecule has 0 atom stereocenters. The number of nitrogens with one attached hydrogen (secondary N) is 1. The van der Waals surface area contributed by atoms with Gasteiger partial charge in [0.15, 0.2) is 0 Å². The lowest BCUT2D eigenvalue weighted by Crippen LogP contribution is -2.25. The summed E-state index contributed by atoms with van der Waals surface area (Å²) in [4.78, 5) is 2.51. The lowest BCUT2D eigenvalue weighted by molar-refractivity contribution is 0.199. The highest BCUT2D eigenvalue weighted by atomic mass is 16.5. The number of hydrogen-bond acceptors (Lipinski definition) is 4. The molecule has 4 nitrogen and oxygen atoms in total. The monoisotopic (exact) mass is 308 g/mol. The first-order chi connectivity index (χ1) is 10.7. The average molecular weight is 308 g/mol. The van der Waals surface area contributed by atoms with Crippen LogP contribution in [-0.4, -0.2) is 45.4 Å². The molecule has 126 valence electrons. The van der Waals surface area contributed by atoms with Gasteiger partial charge in [-0.2, -0.15) is 0 Å². The first kappa shape index (κ1) is 18.9. The van der Waals surface area contributed by atoms with Crippen LogP contribution in [0.2, 0.25) is 0 Å². The Hall–Kier alpha value is -1.10. The quantitative estimate of drug-likeness (QED) is 0.602. The summed E-state index contributed by atoms with van der Waals surface area (Å²) in [7, 11) is 3.46. The number of hydrogen-bond donors (Lipinski definition) is 1. The summed E-state index contributed by atoms with van der Waals surface area (Å²) >= 11 is 0. The van der Waals surface area contributed by atoms with Crippen molar-refractivity contribution in [3.63, 3.8) is 0 Å². The molecular weight excluding hydrogens is 276 g/mol. The zero-order chi connectivity index (χ0) is 16.2. The first-order valence-corrected chi connectivity index (χ1v) is 8.32. The van der Waals surface area contributed by atoms with Crippen LogP contribution in [-0.2, 0) is 17.8 Å². The van der Waals surface area contributed by atoms with E-state index in [0.29, 0.717) is 0 Å². The molecule has 0 bridgehead atoms. The highest BCUT2D eigenvalue weighted by Gasteiger charge is 2.08. The van der Waals surface area contributed by atoms with Crippen molar-refractivity contribution < 1.29 is 9.47 Å². The van der Waals surface area contributed by atoms with Crippen molar-refractivity contribution in [2.45, 2.75) is 39.8 Å². The lowest BCUT2D eigenvalue weighted by atomic mass is 10.1. The van der Waals surface area contributed by atoms with Crippen LogP contribution in [0.25, 0.3) is 0 Å². The summed E-state index contributed by atoms with van der Waals surface area (Å²) < 4.78 is 10.6. The average Bonchev–Trinajstić information content (AvgIpc) is 2.53. The summed E-state index contributed by atoms with van der Waals surface area (Å²) in [6.07, 6.45) is 2.39. The van der Waals surface area contributed by atoms with Crippen molar-refractivity contribution in [1.82, 2.24) is 10.2 Å². The molecule has 0 saturated heterocycles. The van der Waals surface area contributed by atoms with Crippen LogP contribution in [0.3, 0.4) is 0 Å². The topological polar surface area (TPSA) is 33.7 Å². The molecule has 1 N–H and O–H groups in total. The minimum atomic E-state index is 0.726. The second-order valence-electron chi connectivity index (χ2n) is 5.59. The minimum Gasteiger partial charge on any atom is -0.496 e. The maximum Gasteiger partial charge on any atom is 0.123 e. The smallest absolute Gasteiger partial charge is 0.123 e. The SMILES string of the molecule is CCCN(CCC)Cc1ccc(CNCCOC)c(OC)c1. The third-order valence-electron chi connectivity index (χ3n) is 3.64. The molecule has 0 amide bonds. The van der Waals surface area contributed by atoms with E-state index in [0.717, 1.165) is 45.1 Å². The summed E-state index contributed by atoms with van der Waals surface area (Å²) in [5.41, 5.74) is 2.51. The third-order valence-corrected chi connectivity index (χ3v) is 3.64. The number of methoxy groups -OCH3 is 2. The molecule has 4 heteroatoms.